The number of fused-ring (bicyclic) bond motifs is 6. The average molecular weight is 537 g/mol. The second-order valence-electron chi connectivity index (χ2n) is 9.85. The van der Waals surface area contributed by atoms with Crippen LogP contribution in [0.5, 0.6) is 23.0 Å². The first kappa shape index (κ1) is 25.6. The number of aromatic nitrogens is 2. The third kappa shape index (κ3) is 4.61. The van der Waals surface area contributed by atoms with Crippen LogP contribution >= 0.6 is 0 Å². The molecule has 2 aliphatic rings. The van der Waals surface area contributed by atoms with Crippen LogP contribution in [0.15, 0.2) is 35.3 Å². The molecule has 4 aromatic rings. The molecular weight excluding hydrogens is 504 g/mol. The topological polar surface area (TPSA) is 117 Å². The van der Waals surface area contributed by atoms with Gasteiger partial charge >= 0.3 is 0 Å². The maximum atomic E-state index is 14.1. The fourth-order valence-electron chi connectivity index (χ4n) is 5.37. The summed E-state index contributed by atoms with van der Waals surface area (Å²) in [7, 11) is 4.89. The van der Waals surface area contributed by atoms with E-state index < -0.39 is 6.41 Å². The molecule has 6 rings (SSSR count). The molecule has 2 aromatic carbocycles. The zero-order valence-corrected chi connectivity index (χ0v) is 22.2. The average Bonchev–Trinajstić information content (AvgIpc) is 3.42. The highest BCUT2D eigenvalue weighted by Crippen LogP contribution is 2.40. The van der Waals surface area contributed by atoms with E-state index in [0.29, 0.717) is 57.9 Å². The molecule has 2 aromatic heterocycles. The normalized spacial score (nSPS) is 16.4. The summed E-state index contributed by atoms with van der Waals surface area (Å²) in [6, 6.07) is 7.21. The van der Waals surface area contributed by atoms with E-state index in [0.717, 1.165) is 36.7 Å². The summed E-state index contributed by atoms with van der Waals surface area (Å²) in [6.07, 6.45) is 2.38. The number of hydrogen-bond acceptors (Lipinski definition) is 10. The lowest BCUT2D eigenvalue weighted by Crippen LogP contribution is -2.42. The van der Waals surface area contributed by atoms with Crippen LogP contribution in [0.25, 0.3) is 32.6 Å². The first-order valence-corrected chi connectivity index (χ1v) is 13.0. The molecule has 11 nitrogen and oxygen atoms in total. The van der Waals surface area contributed by atoms with E-state index >= 15 is 0 Å². The molecule has 39 heavy (non-hydrogen) atoms. The number of benzene rings is 2. The first-order valence-electron chi connectivity index (χ1n) is 13.0. The summed E-state index contributed by atoms with van der Waals surface area (Å²) >= 11 is 0. The number of nitrogens with one attached hydrogen (secondary N) is 1. The fraction of sp³-hybridized carbons (Fsp3) is 0.429. The highest BCUT2D eigenvalue weighted by atomic mass is 16.7. The third-order valence-electron chi connectivity index (χ3n) is 7.55. The lowest BCUT2D eigenvalue weighted by atomic mass is 10.0. The SMILES string of the molecule is COc1cc2c(=O)n(CCN(C)C(O)OC3CCNCC3)c3c4cc5c(cc4ncc3c2cc1OC)OCO5. The van der Waals surface area contributed by atoms with Crippen LogP contribution in [0.3, 0.4) is 0 Å². The number of methoxy groups -OCH3 is 2. The molecule has 1 atom stereocenters. The van der Waals surface area contributed by atoms with Gasteiger partial charge in [-0.25, -0.2) is 0 Å². The van der Waals surface area contributed by atoms with E-state index in [9.17, 15) is 9.90 Å². The minimum Gasteiger partial charge on any atom is -0.493 e. The fourth-order valence-corrected chi connectivity index (χ4v) is 5.37. The van der Waals surface area contributed by atoms with Gasteiger partial charge in [-0.2, -0.15) is 0 Å². The van der Waals surface area contributed by atoms with Gasteiger partial charge in [-0.3, -0.25) is 14.7 Å². The van der Waals surface area contributed by atoms with Gasteiger partial charge in [0.25, 0.3) is 5.56 Å². The Morgan fingerprint density at radius 3 is 2.46 bits per heavy atom. The molecule has 2 N–H and O–H groups in total. The van der Waals surface area contributed by atoms with Crippen molar-refractivity contribution in [1.82, 2.24) is 19.8 Å². The molecule has 0 spiro atoms. The van der Waals surface area contributed by atoms with Gasteiger partial charge in [0.05, 0.1) is 36.7 Å². The number of nitrogens with zero attached hydrogens (tertiary/aromatic N) is 3. The second-order valence-corrected chi connectivity index (χ2v) is 9.85. The number of rotatable bonds is 8. The molecule has 0 bridgehead atoms. The molecule has 0 amide bonds. The molecular formula is C28H32N4O7. The lowest BCUT2D eigenvalue weighted by Gasteiger charge is -2.30. The van der Waals surface area contributed by atoms with E-state index in [1.807, 2.05) is 18.2 Å². The van der Waals surface area contributed by atoms with Crippen LogP contribution in [0.1, 0.15) is 12.8 Å². The maximum absolute atomic E-state index is 14.1. The highest BCUT2D eigenvalue weighted by Gasteiger charge is 2.23. The van der Waals surface area contributed by atoms with E-state index in [1.165, 1.54) is 0 Å². The summed E-state index contributed by atoms with van der Waals surface area (Å²) in [6.45, 7) is 2.54. The molecule has 206 valence electrons. The number of hydrogen-bond donors (Lipinski definition) is 2. The summed E-state index contributed by atoms with van der Waals surface area (Å²) in [4.78, 5) is 20.5. The van der Waals surface area contributed by atoms with Gasteiger partial charge in [-0.15, -0.1) is 0 Å². The summed E-state index contributed by atoms with van der Waals surface area (Å²) < 4.78 is 29.8. The van der Waals surface area contributed by atoms with Crippen molar-refractivity contribution in [2.24, 2.45) is 0 Å². The van der Waals surface area contributed by atoms with Gasteiger partial charge < -0.3 is 38.7 Å². The smallest absolute Gasteiger partial charge is 0.259 e. The standard InChI is InChI=1S/C28H32N4O7/c1-31(28(34)39-16-4-6-29-7-5-16)8-9-32-26-19-12-24-25(38-15-37-24)13-21(19)30-14-20(26)17-10-22(35-2)23(36-3)11-18(17)27(32)33/h10-14,16,28-29,34H,4-9,15H2,1-3H3. The Balaban J connectivity index is 1.47. The number of aliphatic hydroxyl groups is 1. The van der Waals surface area contributed by atoms with Crippen LogP contribution in [0.2, 0.25) is 0 Å². The van der Waals surface area contributed by atoms with Crippen molar-refractivity contribution in [1.29, 1.82) is 0 Å². The summed E-state index contributed by atoms with van der Waals surface area (Å²) in [5, 5.41) is 16.8. The monoisotopic (exact) mass is 536 g/mol. The summed E-state index contributed by atoms with van der Waals surface area (Å²) in [5.74, 6) is 2.21. The van der Waals surface area contributed by atoms with Crippen LogP contribution in [-0.4, -0.2) is 79.8 Å². The Kier molecular flexibility index (Phi) is 6.90. The molecule has 0 radical (unpaired) electrons. The van der Waals surface area contributed by atoms with Crippen molar-refractivity contribution in [2.75, 3.05) is 47.7 Å². The quantitative estimate of drug-likeness (QED) is 0.257. The molecule has 1 fully saturated rings. The molecule has 1 unspecified atom stereocenters. The van der Waals surface area contributed by atoms with Crippen molar-refractivity contribution < 1.29 is 28.8 Å². The Morgan fingerprint density at radius 1 is 1.05 bits per heavy atom. The van der Waals surface area contributed by atoms with Gasteiger partial charge in [0.1, 0.15) is 0 Å². The number of ether oxygens (including phenoxy) is 5. The van der Waals surface area contributed by atoms with Gasteiger partial charge in [0.15, 0.2) is 23.0 Å². The van der Waals surface area contributed by atoms with Gasteiger partial charge in [-0.1, -0.05) is 0 Å². The van der Waals surface area contributed by atoms with Crippen LogP contribution in [0, 0.1) is 0 Å². The van der Waals surface area contributed by atoms with Crippen LogP contribution in [0.4, 0.5) is 0 Å². The number of pyridine rings is 2. The van der Waals surface area contributed by atoms with E-state index in [4.69, 9.17) is 28.7 Å². The maximum Gasteiger partial charge on any atom is 0.259 e. The predicted molar refractivity (Wildman–Crippen MR) is 146 cm³/mol. The summed E-state index contributed by atoms with van der Waals surface area (Å²) in [5.41, 5.74) is 1.21. The highest BCUT2D eigenvalue weighted by molar-refractivity contribution is 6.15. The second kappa shape index (κ2) is 10.5. The van der Waals surface area contributed by atoms with Crippen molar-refractivity contribution in [3.63, 3.8) is 0 Å². The van der Waals surface area contributed by atoms with Crippen LogP contribution < -0.4 is 29.8 Å². The third-order valence-corrected chi connectivity index (χ3v) is 7.55. The van der Waals surface area contributed by atoms with Crippen molar-refractivity contribution in [3.05, 3.63) is 40.8 Å². The van der Waals surface area contributed by atoms with Crippen molar-refractivity contribution >= 4 is 32.6 Å². The van der Waals surface area contributed by atoms with E-state index in [1.54, 1.807) is 43.0 Å². The Bertz CT molecular complexity index is 1600. The zero-order valence-electron chi connectivity index (χ0n) is 22.2. The van der Waals surface area contributed by atoms with Gasteiger partial charge in [0.2, 0.25) is 13.2 Å². The van der Waals surface area contributed by atoms with E-state index in [-0.39, 0.29) is 18.5 Å². The van der Waals surface area contributed by atoms with Crippen molar-refractivity contribution in [2.45, 2.75) is 31.9 Å². The number of aliphatic hydroxyl groups excluding tert-OH is 1. The first-order chi connectivity index (χ1) is 19.0. The minimum atomic E-state index is -1.08. The lowest BCUT2D eigenvalue weighted by molar-refractivity contribution is -0.214. The van der Waals surface area contributed by atoms with Crippen LogP contribution in [-0.2, 0) is 11.3 Å². The zero-order chi connectivity index (χ0) is 27.1. The Labute approximate surface area is 224 Å². The molecule has 1 saturated heterocycles. The largest absolute Gasteiger partial charge is 0.493 e. The van der Waals surface area contributed by atoms with Gasteiger partial charge in [-0.05, 0) is 51.2 Å². The molecule has 11 heteroatoms. The number of likely N-dealkylation sites (N-methyl/N-ethyl adjacent to an activating group) is 1. The Hall–Kier alpha value is -3.64. The number of piperidine rings is 1. The molecule has 0 saturated carbocycles. The minimum absolute atomic E-state index is 0.00491. The molecule has 4 heterocycles. The van der Waals surface area contributed by atoms with Crippen molar-refractivity contribution in [3.8, 4) is 23.0 Å². The van der Waals surface area contributed by atoms with Gasteiger partial charge in [0, 0.05) is 41.5 Å². The predicted octanol–water partition coefficient (Wildman–Crippen LogP) is 2.43. The Morgan fingerprint density at radius 2 is 1.74 bits per heavy atom. The molecule has 2 aliphatic heterocycles. The molecule has 0 aliphatic carbocycles. The van der Waals surface area contributed by atoms with E-state index in [2.05, 4.69) is 5.32 Å².